The average Bonchev–Trinajstić information content (AvgIpc) is 3.05. The molecule has 148 valence electrons. The van der Waals surface area contributed by atoms with E-state index >= 15 is 0 Å². The van der Waals surface area contributed by atoms with Crippen LogP contribution in [0.3, 0.4) is 0 Å². The molecule has 2 aromatic carbocycles. The van der Waals surface area contributed by atoms with Gasteiger partial charge in [-0.15, -0.1) is 0 Å². The molecule has 0 saturated carbocycles. The number of rotatable bonds is 6. The number of hydrogen-bond donors (Lipinski definition) is 2. The molecule has 2 N–H and O–H groups in total. The van der Waals surface area contributed by atoms with Crippen LogP contribution in [-0.2, 0) is 29.8 Å². The number of nitrogens with one attached hydrogen (secondary N) is 1. The van der Waals surface area contributed by atoms with Crippen molar-refractivity contribution >= 4 is 21.7 Å². The quantitative estimate of drug-likeness (QED) is 0.690. The summed E-state index contributed by atoms with van der Waals surface area (Å²) >= 11 is 0. The zero-order valence-corrected chi connectivity index (χ0v) is 15.9. The Labute approximate surface area is 163 Å². The fourth-order valence-corrected chi connectivity index (χ4v) is 4.85. The molecule has 2 aromatic rings. The largest absolute Gasteiger partial charge is 0.453 e. The summed E-state index contributed by atoms with van der Waals surface area (Å²) in [7, 11) is -3.13. The molecule has 1 aliphatic heterocycles. The Bertz CT molecular complexity index is 904. The number of amides is 1. The Morgan fingerprint density at radius 3 is 2.04 bits per heavy atom. The molecule has 0 bridgehead atoms. The molecular weight excluding hydrogens is 382 g/mol. The van der Waals surface area contributed by atoms with E-state index in [1.807, 2.05) is 0 Å². The van der Waals surface area contributed by atoms with Crippen molar-refractivity contribution in [2.45, 2.75) is 18.1 Å². The van der Waals surface area contributed by atoms with Gasteiger partial charge in [-0.1, -0.05) is 60.7 Å². The van der Waals surface area contributed by atoms with E-state index in [1.54, 1.807) is 60.7 Å². The first-order valence-corrected chi connectivity index (χ1v) is 10.6. The van der Waals surface area contributed by atoms with Crippen LogP contribution in [0.1, 0.15) is 17.5 Å². The molecule has 8 heteroatoms. The lowest BCUT2D eigenvalue weighted by atomic mass is 9.86. The summed E-state index contributed by atoms with van der Waals surface area (Å²) in [4.78, 5) is 24.8. The van der Waals surface area contributed by atoms with Gasteiger partial charge in [-0.2, -0.15) is 0 Å². The maximum absolute atomic E-state index is 12.8. The maximum Gasteiger partial charge on any atom is 0.348 e. The highest BCUT2D eigenvalue weighted by atomic mass is 32.2. The van der Waals surface area contributed by atoms with Crippen molar-refractivity contribution in [3.05, 3.63) is 71.8 Å². The van der Waals surface area contributed by atoms with Crippen LogP contribution in [0.25, 0.3) is 0 Å². The number of hydrogen-bond acceptors (Lipinski definition) is 6. The highest BCUT2D eigenvalue weighted by molar-refractivity contribution is 7.91. The van der Waals surface area contributed by atoms with Gasteiger partial charge in [0.1, 0.15) is 0 Å². The first kappa shape index (κ1) is 20.0. The molecule has 7 nitrogen and oxygen atoms in total. The minimum atomic E-state index is -3.13. The molecule has 1 atom stereocenters. The van der Waals surface area contributed by atoms with E-state index in [2.05, 4.69) is 5.32 Å². The van der Waals surface area contributed by atoms with Gasteiger partial charge in [-0.3, -0.25) is 4.79 Å². The summed E-state index contributed by atoms with van der Waals surface area (Å²) in [6.45, 7) is -0.614. The van der Waals surface area contributed by atoms with Crippen LogP contribution in [0.15, 0.2) is 60.7 Å². The predicted octanol–water partition coefficient (Wildman–Crippen LogP) is 0.769. The Kier molecular flexibility index (Phi) is 5.81. The number of carbonyl (C=O) groups excluding carboxylic acids is 2. The van der Waals surface area contributed by atoms with E-state index in [4.69, 9.17) is 4.74 Å². The SMILES string of the molecule is O=C(COC(=O)C(O)(c1ccccc1)c1ccccc1)N[C@@H]1CCS(=O)(=O)C1. The summed E-state index contributed by atoms with van der Waals surface area (Å²) in [5.74, 6) is -1.69. The fraction of sp³-hybridized carbons (Fsp3) is 0.300. The lowest BCUT2D eigenvalue weighted by Gasteiger charge is -2.27. The first-order valence-electron chi connectivity index (χ1n) is 8.82. The van der Waals surface area contributed by atoms with Gasteiger partial charge in [0.2, 0.25) is 5.60 Å². The van der Waals surface area contributed by atoms with Gasteiger partial charge in [0.25, 0.3) is 5.91 Å². The highest BCUT2D eigenvalue weighted by Crippen LogP contribution is 2.31. The lowest BCUT2D eigenvalue weighted by molar-refractivity contribution is -0.164. The minimum absolute atomic E-state index is 0.0273. The van der Waals surface area contributed by atoms with Crippen LogP contribution in [0.5, 0.6) is 0 Å². The number of esters is 1. The van der Waals surface area contributed by atoms with Crippen molar-refractivity contribution in [1.29, 1.82) is 0 Å². The zero-order chi connectivity index (χ0) is 20.2. The van der Waals surface area contributed by atoms with Crippen molar-refractivity contribution in [2.75, 3.05) is 18.1 Å². The van der Waals surface area contributed by atoms with Crippen LogP contribution in [0.2, 0.25) is 0 Å². The molecule has 0 unspecified atom stereocenters. The standard InChI is InChI=1S/C20H21NO6S/c22-18(21-17-11-12-28(25,26)14-17)13-27-19(23)20(24,15-7-3-1-4-8-15)16-9-5-2-6-10-16/h1-10,17,24H,11-14H2,(H,21,22)/t17-/m1/s1. The smallest absolute Gasteiger partial charge is 0.348 e. The van der Waals surface area contributed by atoms with Crippen LogP contribution in [0, 0.1) is 0 Å². The zero-order valence-electron chi connectivity index (χ0n) is 15.1. The molecule has 28 heavy (non-hydrogen) atoms. The number of benzene rings is 2. The number of aliphatic hydroxyl groups is 1. The Morgan fingerprint density at radius 2 is 1.57 bits per heavy atom. The topological polar surface area (TPSA) is 110 Å². The van der Waals surface area contributed by atoms with Crippen molar-refractivity contribution in [3.8, 4) is 0 Å². The van der Waals surface area contributed by atoms with Gasteiger partial charge in [-0.05, 0) is 17.5 Å². The average molecular weight is 403 g/mol. The summed E-state index contributed by atoms with van der Waals surface area (Å²) in [6, 6.07) is 16.1. The first-order chi connectivity index (χ1) is 13.3. The Morgan fingerprint density at radius 1 is 1.04 bits per heavy atom. The van der Waals surface area contributed by atoms with Crippen molar-refractivity contribution in [1.82, 2.24) is 5.32 Å². The summed E-state index contributed by atoms with van der Waals surface area (Å²) in [5.41, 5.74) is -1.44. The third-order valence-electron chi connectivity index (χ3n) is 4.61. The normalized spacial score (nSPS) is 18.4. The van der Waals surface area contributed by atoms with Crippen molar-refractivity contribution in [2.24, 2.45) is 0 Å². The van der Waals surface area contributed by atoms with Crippen molar-refractivity contribution < 1.29 is 27.9 Å². The van der Waals surface area contributed by atoms with Crippen LogP contribution in [-0.4, -0.2) is 49.6 Å². The molecule has 0 aromatic heterocycles. The molecule has 1 aliphatic rings. The van der Waals surface area contributed by atoms with Gasteiger partial charge in [-0.25, -0.2) is 13.2 Å². The summed E-state index contributed by atoms with van der Waals surface area (Å²) in [6.07, 6.45) is 0.333. The molecule has 0 radical (unpaired) electrons. The van der Waals surface area contributed by atoms with Gasteiger partial charge in [0, 0.05) is 6.04 Å². The Balaban J connectivity index is 1.71. The monoisotopic (exact) mass is 403 g/mol. The maximum atomic E-state index is 12.8. The van der Waals surface area contributed by atoms with Crippen LogP contribution >= 0.6 is 0 Å². The molecule has 1 heterocycles. The molecule has 0 spiro atoms. The molecule has 0 aliphatic carbocycles. The summed E-state index contributed by atoms with van der Waals surface area (Å²) < 4.78 is 28.0. The molecular formula is C20H21NO6S. The Hall–Kier alpha value is -2.71. The van der Waals surface area contributed by atoms with E-state index in [-0.39, 0.29) is 11.5 Å². The van der Waals surface area contributed by atoms with E-state index in [9.17, 15) is 23.1 Å². The fourth-order valence-electron chi connectivity index (χ4n) is 3.17. The second kappa shape index (κ2) is 8.12. The van der Waals surface area contributed by atoms with E-state index in [0.29, 0.717) is 17.5 Å². The minimum Gasteiger partial charge on any atom is -0.453 e. The van der Waals surface area contributed by atoms with Gasteiger partial charge in [0.15, 0.2) is 16.4 Å². The second-order valence-corrected chi connectivity index (χ2v) is 8.91. The third-order valence-corrected chi connectivity index (χ3v) is 6.38. The molecule has 1 fully saturated rings. The molecule has 3 rings (SSSR count). The van der Waals surface area contributed by atoms with Gasteiger partial charge < -0.3 is 15.2 Å². The van der Waals surface area contributed by atoms with E-state index in [0.717, 1.165) is 0 Å². The molecule has 1 saturated heterocycles. The van der Waals surface area contributed by atoms with E-state index in [1.165, 1.54) is 0 Å². The molecule has 1 amide bonds. The van der Waals surface area contributed by atoms with Crippen LogP contribution < -0.4 is 5.32 Å². The third kappa shape index (κ3) is 4.40. The highest BCUT2D eigenvalue weighted by Gasteiger charge is 2.42. The number of ether oxygens (including phenoxy) is 1. The van der Waals surface area contributed by atoms with Crippen molar-refractivity contribution in [3.63, 3.8) is 0 Å². The predicted molar refractivity (Wildman–Crippen MR) is 102 cm³/mol. The van der Waals surface area contributed by atoms with Crippen LogP contribution in [0.4, 0.5) is 0 Å². The summed E-state index contributed by atoms with van der Waals surface area (Å²) in [5, 5.41) is 13.7. The number of sulfone groups is 1. The van der Waals surface area contributed by atoms with Gasteiger partial charge in [0.05, 0.1) is 11.5 Å². The lowest BCUT2D eigenvalue weighted by Crippen LogP contribution is -2.42. The second-order valence-electron chi connectivity index (χ2n) is 6.69. The van der Waals surface area contributed by atoms with E-state index < -0.39 is 40.0 Å². The number of carbonyl (C=O) groups is 2. The van der Waals surface area contributed by atoms with Gasteiger partial charge >= 0.3 is 5.97 Å².